The lowest BCUT2D eigenvalue weighted by molar-refractivity contribution is 0.218. The molecule has 0 bridgehead atoms. The zero-order valence-corrected chi connectivity index (χ0v) is 10.5. The fraction of sp³-hybridized carbons (Fsp3) is 0.923. The molecule has 0 amide bonds. The molecule has 1 aliphatic heterocycles. The molecule has 0 aromatic rings. The quantitative estimate of drug-likeness (QED) is 0.793. The molecule has 0 spiro atoms. The largest absolute Gasteiger partial charge is 0.359 e. The first-order chi connectivity index (χ1) is 7.77. The van der Waals surface area contributed by atoms with Crippen LogP contribution in [0.1, 0.15) is 44.9 Å². The highest BCUT2D eigenvalue weighted by molar-refractivity contribution is 5.79. The molecule has 0 aromatic carbocycles. The van der Waals surface area contributed by atoms with Gasteiger partial charge in [-0.2, -0.15) is 0 Å². The van der Waals surface area contributed by atoms with E-state index in [1.54, 1.807) is 0 Å². The van der Waals surface area contributed by atoms with E-state index >= 15 is 0 Å². The van der Waals surface area contributed by atoms with Gasteiger partial charge in [-0.1, -0.05) is 12.8 Å². The Kier molecular flexibility index (Phi) is 4.22. The highest BCUT2D eigenvalue weighted by Gasteiger charge is 2.21. The van der Waals surface area contributed by atoms with Crippen LogP contribution < -0.4 is 0 Å². The lowest BCUT2D eigenvalue weighted by Crippen LogP contribution is -2.42. The van der Waals surface area contributed by atoms with E-state index in [4.69, 9.17) is 5.41 Å². The Bertz CT molecular complexity index is 233. The Morgan fingerprint density at radius 3 is 2.69 bits per heavy atom. The van der Waals surface area contributed by atoms with E-state index in [0.29, 0.717) is 0 Å². The van der Waals surface area contributed by atoms with Gasteiger partial charge in [0.05, 0.1) is 5.84 Å². The van der Waals surface area contributed by atoms with Crippen molar-refractivity contribution in [3.8, 4) is 0 Å². The maximum absolute atomic E-state index is 7.91. The summed E-state index contributed by atoms with van der Waals surface area (Å²) >= 11 is 0. The number of hydrogen-bond acceptors (Lipinski definition) is 2. The van der Waals surface area contributed by atoms with Gasteiger partial charge in [-0.05, 0) is 32.7 Å². The molecule has 3 nitrogen and oxygen atoms in total. The van der Waals surface area contributed by atoms with E-state index in [2.05, 4.69) is 16.8 Å². The molecule has 1 aliphatic carbocycles. The molecule has 2 fully saturated rings. The molecule has 1 saturated heterocycles. The highest BCUT2D eigenvalue weighted by Crippen LogP contribution is 2.22. The van der Waals surface area contributed by atoms with Crippen molar-refractivity contribution in [2.45, 2.75) is 51.0 Å². The third-order valence-corrected chi connectivity index (χ3v) is 4.14. The average Bonchev–Trinajstić information content (AvgIpc) is 2.81. The third-order valence-electron chi connectivity index (χ3n) is 4.14. The number of rotatable bonds is 4. The van der Waals surface area contributed by atoms with E-state index < -0.39 is 0 Å². The van der Waals surface area contributed by atoms with Crippen molar-refractivity contribution in [3.05, 3.63) is 0 Å². The molecule has 0 radical (unpaired) electrons. The SMILES string of the molecule is CN(CCN1CCCCC1=N)C1CCCC1. The van der Waals surface area contributed by atoms with Gasteiger partial charge in [0.1, 0.15) is 0 Å². The summed E-state index contributed by atoms with van der Waals surface area (Å²) < 4.78 is 0. The minimum atomic E-state index is 0.818. The minimum Gasteiger partial charge on any atom is -0.359 e. The second-order valence-corrected chi connectivity index (χ2v) is 5.31. The Morgan fingerprint density at radius 2 is 2.00 bits per heavy atom. The van der Waals surface area contributed by atoms with Gasteiger partial charge in [0, 0.05) is 32.1 Å². The molecular formula is C13H25N3. The number of nitrogens with one attached hydrogen (secondary N) is 1. The first-order valence-corrected chi connectivity index (χ1v) is 6.80. The normalized spacial score (nSPS) is 23.4. The smallest absolute Gasteiger partial charge is 0.0958 e. The number of likely N-dealkylation sites (N-methyl/N-ethyl adjacent to an activating group) is 1. The molecule has 16 heavy (non-hydrogen) atoms. The number of piperidine rings is 1. The van der Waals surface area contributed by atoms with Crippen molar-refractivity contribution in [2.75, 3.05) is 26.7 Å². The van der Waals surface area contributed by atoms with Crippen LogP contribution >= 0.6 is 0 Å². The van der Waals surface area contributed by atoms with Crippen LogP contribution in [0.25, 0.3) is 0 Å². The predicted molar refractivity (Wildman–Crippen MR) is 68.0 cm³/mol. The summed E-state index contributed by atoms with van der Waals surface area (Å²) in [5, 5.41) is 7.91. The van der Waals surface area contributed by atoms with Crippen molar-refractivity contribution in [1.29, 1.82) is 5.41 Å². The summed E-state index contributed by atoms with van der Waals surface area (Å²) in [5.41, 5.74) is 0. The predicted octanol–water partition coefficient (Wildman–Crippen LogP) is 2.32. The van der Waals surface area contributed by atoms with E-state index in [0.717, 1.165) is 37.9 Å². The Labute approximate surface area is 99.3 Å². The molecular weight excluding hydrogens is 198 g/mol. The number of likely N-dealkylation sites (tertiary alicyclic amines) is 1. The molecule has 1 saturated carbocycles. The summed E-state index contributed by atoms with van der Waals surface area (Å²) in [6.45, 7) is 3.30. The standard InChI is InChI=1S/C13H25N3/c1-15(12-6-2-3-7-12)10-11-16-9-5-4-8-13(16)14/h12,14H,2-11H2,1H3. The highest BCUT2D eigenvalue weighted by atomic mass is 15.2. The van der Waals surface area contributed by atoms with Crippen molar-refractivity contribution < 1.29 is 0 Å². The zero-order chi connectivity index (χ0) is 11.4. The number of hydrogen-bond donors (Lipinski definition) is 1. The maximum atomic E-state index is 7.91. The lowest BCUT2D eigenvalue weighted by atomic mass is 10.1. The minimum absolute atomic E-state index is 0.818. The van der Waals surface area contributed by atoms with Crippen molar-refractivity contribution in [3.63, 3.8) is 0 Å². The van der Waals surface area contributed by atoms with Crippen LogP contribution in [-0.2, 0) is 0 Å². The van der Waals surface area contributed by atoms with E-state index in [1.807, 2.05) is 0 Å². The van der Waals surface area contributed by atoms with Crippen molar-refractivity contribution >= 4 is 5.84 Å². The molecule has 2 aliphatic rings. The van der Waals surface area contributed by atoms with E-state index in [9.17, 15) is 0 Å². The van der Waals surface area contributed by atoms with Crippen LogP contribution in [0.5, 0.6) is 0 Å². The molecule has 0 aromatic heterocycles. The molecule has 2 rings (SSSR count). The summed E-state index contributed by atoms with van der Waals surface area (Å²) in [7, 11) is 2.25. The zero-order valence-electron chi connectivity index (χ0n) is 10.5. The van der Waals surface area contributed by atoms with Crippen LogP contribution in [0.4, 0.5) is 0 Å². The molecule has 1 N–H and O–H groups in total. The van der Waals surface area contributed by atoms with E-state index in [1.165, 1.54) is 38.5 Å². The van der Waals surface area contributed by atoms with Gasteiger partial charge in [0.15, 0.2) is 0 Å². The van der Waals surface area contributed by atoms with Crippen molar-refractivity contribution in [1.82, 2.24) is 9.80 Å². The molecule has 0 unspecified atom stereocenters. The Morgan fingerprint density at radius 1 is 1.25 bits per heavy atom. The topological polar surface area (TPSA) is 30.3 Å². The summed E-state index contributed by atoms with van der Waals surface area (Å²) in [6, 6.07) is 0.818. The van der Waals surface area contributed by atoms with Crippen LogP contribution in [0.3, 0.4) is 0 Å². The molecule has 1 heterocycles. The second kappa shape index (κ2) is 5.67. The molecule has 92 valence electrons. The fourth-order valence-electron chi connectivity index (χ4n) is 2.94. The summed E-state index contributed by atoms with van der Waals surface area (Å²) in [6.07, 6.45) is 9.07. The van der Waals surface area contributed by atoms with Gasteiger partial charge in [-0.25, -0.2) is 0 Å². The first kappa shape index (κ1) is 11.9. The maximum Gasteiger partial charge on any atom is 0.0958 e. The Balaban J connectivity index is 1.71. The van der Waals surface area contributed by atoms with Crippen LogP contribution in [0.2, 0.25) is 0 Å². The molecule has 0 atom stereocenters. The van der Waals surface area contributed by atoms with Gasteiger partial charge in [0.25, 0.3) is 0 Å². The number of nitrogens with zero attached hydrogens (tertiary/aromatic N) is 2. The lowest BCUT2D eigenvalue weighted by Gasteiger charge is -2.32. The molecule has 3 heteroatoms. The monoisotopic (exact) mass is 223 g/mol. The van der Waals surface area contributed by atoms with Gasteiger partial charge < -0.3 is 9.80 Å². The third kappa shape index (κ3) is 2.97. The summed E-state index contributed by atoms with van der Waals surface area (Å²) in [5.74, 6) is 0.867. The summed E-state index contributed by atoms with van der Waals surface area (Å²) in [4.78, 5) is 4.78. The number of amidine groups is 1. The van der Waals surface area contributed by atoms with Crippen LogP contribution in [0.15, 0.2) is 0 Å². The van der Waals surface area contributed by atoms with E-state index in [-0.39, 0.29) is 0 Å². The van der Waals surface area contributed by atoms with Crippen LogP contribution in [0, 0.1) is 5.41 Å². The van der Waals surface area contributed by atoms with Gasteiger partial charge in [0.2, 0.25) is 0 Å². The Hall–Kier alpha value is -0.570. The van der Waals surface area contributed by atoms with Crippen molar-refractivity contribution in [2.24, 2.45) is 0 Å². The van der Waals surface area contributed by atoms with Gasteiger partial charge >= 0.3 is 0 Å². The first-order valence-electron chi connectivity index (χ1n) is 6.80. The van der Waals surface area contributed by atoms with Crippen LogP contribution in [-0.4, -0.2) is 48.4 Å². The fourth-order valence-corrected chi connectivity index (χ4v) is 2.94. The van der Waals surface area contributed by atoms with Gasteiger partial charge in [-0.3, -0.25) is 5.41 Å². The average molecular weight is 223 g/mol. The van der Waals surface area contributed by atoms with Gasteiger partial charge in [-0.15, -0.1) is 0 Å². The second-order valence-electron chi connectivity index (χ2n) is 5.31.